The van der Waals surface area contributed by atoms with Gasteiger partial charge in [0, 0.05) is 23.8 Å². The maximum Gasteiger partial charge on any atom is 0.261 e. The van der Waals surface area contributed by atoms with Crippen molar-refractivity contribution in [3.63, 3.8) is 0 Å². The third kappa shape index (κ3) is 7.84. The second kappa shape index (κ2) is 11.9. The van der Waals surface area contributed by atoms with Gasteiger partial charge in [-0.25, -0.2) is 21.6 Å². The lowest BCUT2D eigenvalue weighted by molar-refractivity contribution is -0.123. The fraction of sp³-hybridized carbons (Fsp3) is 0.174. The van der Waals surface area contributed by atoms with Crippen LogP contribution >= 0.6 is 23.2 Å². The lowest BCUT2D eigenvalue weighted by Gasteiger charge is -2.12. The first kappa shape index (κ1) is 27.8. The van der Waals surface area contributed by atoms with Crippen molar-refractivity contribution in [2.24, 2.45) is 0 Å². The minimum Gasteiger partial charge on any atom is -0.482 e. The molecule has 192 valence electrons. The summed E-state index contributed by atoms with van der Waals surface area (Å²) in [4.78, 5) is 12.1. The van der Waals surface area contributed by atoms with E-state index in [0.29, 0.717) is 10.7 Å². The van der Waals surface area contributed by atoms with E-state index >= 15 is 0 Å². The number of nitrogens with one attached hydrogen (secondary N) is 3. The van der Waals surface area contributed by atoms with Crippen molar-refractivity contribution in [2.75, 3.05) is 24.4 Å². The van der Waals surface area contributed by atoms with E-state index in [1.807, 2.05) is 6.92 Å². The van der Waals surface area contributed by atoms with E-state index < -0.39 is 32.6 Å². The molecule has 13 heteroatoms. The molecule has 0 heterocycles. The molecular formula is C23H23Cl2N3O6S2. The van der Waals surface area contributed by atoms with Gasteiger partial charge in [0.15, 0.2) is 6.61 Å². The smallest absolute Gasteiger partial charge is 0.261 e. The molecule has 3 rings (SSSR count). The van der Waals surface area contributed by atoms with Gasteiger partial charge in [-0.05, 0) is 61.5 Å². The molecule has 36 heavy (non-hydrogen) atoms. The van der Waals surface area contributed by atoms with Crippen LogP contribution in [0.3, 0.4) is 0 Å². The number of sulfonamides is 2. The largest absolute Gasteiger partial charge is 0.482 e. The summed E-state index contributed by atoms with van der Waals surface area (Å²) in [5, 5.41) is 2.98. The molecule has 0 radical (unpaired) electrons. The molecule has 0 aliphatic carbocycles. The van der Waals surface area contributed by atoms with Crippen LogP contribution in [0.25, 0.3) is 0 Å². The average Bonchev–Trinajstić information content (AvgIpc) is 2.82. The molecular weight excluding hydrogens is 549 g/mol. The van der Waals surface area contributed by atoms with Crippen molar-refractivity contribution in [2.45, 2.75) is 16.7 Å². The van der Waals surface area contributed by atoms with E-state index in [-0.39, 0.29) is 33.7 Å². The van der Waals surface area contributed by atoms with E-state index in [9.17, 15) is 21.6 Å². The number of anilines is 1. The lowest BCUT2D eigenvalue weighted by Crippen LogP contribution is -2.36. The molecule has 3 N–H and O–H groups in total. The molecule has 3 aromatic carbocycles. The van der Waals surface area contributed by atoms with Crippen LogP contribution in [-0.2, 0) is 24.8 Å². The van der Waals surface area contributed by atoms with Gasteiger partial charge >= 0.3 is 0 Å². The highest BCUT2D eigenvalue weighted by molar-refractivity contribution is 7.92. The molecule has 9 nitrogen and oxygen atoms in total. The van der Waals surface area contributed by atoms with Gasteiger partial charge in [-0.3, -0.25) is 9.52 Å². The fourth-order valence-corrected chi connectivity index (χ4v) is 5.42. The van der Waals surface area contributed by atoms with Crippen molar-refractivity contribution in [3.8, 4) is 5.75 Å². The predicted octanol–water partition coefficient (Wildman–Crippen LogP) is 3.58. The Kier molecular flexibility index (Phi) is 9.20. The van der Waals surface area contributed by atoms with Gasteiger partial charge in [0.1, 0.15) is 5.75 Å². The zero-order chi connectivity index (χ0) is 26.3. The molecule has 0 bridgehead atoms. The SMILES string of the molecule is Cc1ccc(S(=O)(=O)NCCNC(=O)COc2ccc(S(=O)(=O)Nc3ccc(Cl)cc3)cc2Cl)cc1. The summed E-state index contributed by atoms with van der Waals surface area (Å²) in [6.45, 7) is 1.47. The Balaban J connectivity index is 1.47. The summed E-state index contributed by atoms with van der Waals surface area (Å²) < 4.78 is 59.8. The minimum atomic E-state index is -3.91. The van der Waals surface area contributed by atoms with E-state index in [0.717, 1.165) is 5.56 Å². The maximum atomic E-state index is 12.6. The highest BCUT2D eigenvalue weighted by Gasteiger charge is 2.17. The topological polar surface area (TPSA) is 131 Å². The van der Waals surface area contributed by atoms with Gasteiger partial charge in [-0.15, -0.1) is 0 Å². The van der Waals surface area contributed by atoms with Gasteiger partial charge in [0.05, 0.1) is 14.8 Å². The van der Waals surface area contributed by atoms with Crippen molar-refractivity contribution in [1.29, 1.82) is 0 Å². The predicted molar refractivity (Wildman–Crippen MR) is 139 cm³/mol. The quantitative estimate of drug-likeness (QED) is 0.301. The van der Waals surface area contributed by atoms with E-state index in [1.54, 1.807) is 24.3 Å². The van der Waals surface area contributed by atoms with Crippen LogP contribution in [0, 0.1) is 6.92 Å². The summed E-state index contributed by atoms with van der Waals surface area (Å²) in [5.41, 5.74) is 1.26. The lowest BCUT2D eigenvalue weighted by atomic mass is 10.2. The molecule has 0 fully saturated rings. The van der Waals surface area contributed by atoms with E-state index in [1.165, 1.54) is 42.5 Å². The van der Waals surface area contributed by atoms with Gasteiger partial charge in [-0.2, -0.15) is 0 Å². The molecule has 3 aromatic rings. The standard InChI is InChI=1S/C23H23Cl2N3O6S2/c1-16-2-8-19(9-3-16)35(30,31)27-13-12-26-23(29)15-34-22-11-10-20(14-21(22)25)36(32,33)28-18-6-4-17(24)5-7-18/h2-11,14,27-28H,12-13,15H2,1H3,(H,26,29). The van der Waals surface area contributed by atoms with Crippen molar-refractivity contribution >= 4 is 54.8 Å². The monoisotopic (exact) mass is 571 g/mol. The first-order valence-corrected chi connectivity index (χ1v) is 14.2. The van der Waals surface area contributed by atoms with Gasteiger partial charge in [0.2, 0.25) is 10.0 Å². The Bertz CT molecular complexity index is 1430. The van der Waals surface area contributed by atoms with E-state index in [2.05, 4.69) is 14.8 Å². The Morgan fingerprint density at radius 2 is 1.47 bits per heavy atom. The molecule has 0 aromatic heterocycles. The second-order valence-corrected chi connectivity index (χ2v) is 11.8. The second-order valence-electron chi connectivity index (χ2n) is 7.55. The Hall–Kier alpha value is -2.83. The van der Waals surface area contributed by atoms with Crippen LogP contribution < -0.4 is 19.5 Å². The third-order valence-electron chi connectivity index (χ3n) is 4.74. The maximum absolute atomic E-state index is 12.6. The van der Waals surface area contributed by atoms with Crippen LogP contribution in [0.4, 0.5) is 5.69 Å². The summed E-state index contributed by atoms with van der Waals surface area (Å²) in [6.07, 6.45) is 0. The van der Waals surface area contributed by atoms with Crippen LogP contribution in [-0.4, -0.2) is 42.4 Å². The number of carbonyl (C=O) groups excluding carboxylic acids is 1. The number of hydrogen-bond acceptors (Lipinski definition) is 6. The minimum absolute atomic E-state index is 0.00682. The third-order valence-corrected chi connectivity index (χ3v) is 8.14. The molecule has 0 saturated carbocycles. The van der Waals surface area contributed by atoms with Crippen LogP contribution in [0.5, 0.6) is 5.75 Å². The first-order chi connectivity index (χ1) is 17.0. The number of hydrogen-bond donors (Lipinski definition) is 3. The Morgan fingerprint density at radius 3 is 2.11 bits per heavy atom. The molecule has 0 spiro atoms. The normalized spacial score (nSPS) is 11.6. The molecule has 1 amide bonds. The molecule has 0 saturated heterocycles. The zero-order valence-corrected chi connectivity index (χ0v) is 22.1. The number of halogens is 2. The number of ether oxygens (including phenoxy) is 1. The highest BCUT2D eigenvalue weighted by Crippen LogP contribution is 2.28. The summed E-state index contributed by atoms with van der Waals surface area (Å²) in [7, 11) is -7.60. The van der Waals surface area contributed by atoms with Gasteiger partial charge in [0.25, 0.3) is 15.9 Å². The van der Waals surface area contributed by atoms with Crippen LogP contribution in [0.1, 0.15) is 5.56 Å². The summed E-state index contributed by atoms with van der Waals surface area (Å²) >= 11 is 12.0. The Labute approximate surface area is 219 Å². The fourth-order valence-electron chi connectivity index (χ4n) is 2.88. The van der Waals surface area contributed by atoms with Crippen molar-refractivity contribution < 1.29 is 26.4 Å². The first-order valence-electron chi connectivity index (χ1n) is 10.5. The molecule has 0 unspecified atom stereocenters. The van der Waals surface area contributed by atoms with Crippen molar-refractivity contribution in [1.82, 2.24) is 10.0 Å². The van der Waals surface area contributed by atoms with Crippen molar-refractivity contribution in [3.05, 3.63) is 82.3 Å². The van der Waals surface area contributed by atoms with Gasteiger partial charge in [-0.1, -0.05) is 40.9 Å². The number of benzene rings is 3. The zero-order valence-electron chi connectivity index (χ0n) is 19.0. The average molecular weight is 572 g/mol. The molecule has 0 aliphatic heterocycles. The highest BCUT2D eigenvalue weighted by atomic mass is 35.5. The molecule has 0 aliphatic rings. The van der Waals surface area contributed by atoms with Crippen LogP contribution in [0.15, 0.2) is 76.5 Å². The number of carbonyl (C=O) groups is 1. The number of aryl methyl sites for hydroxylation is 1. The Morgan fingerprint density at radius 1 is 0.833 bits per heavy atom. The van der Waals surface area contributed by atoms with E-state index in [4.69, 9.17) is 27.9 Å². The summed E-state index contributed by atoms with van der Waals surface area (Å²) in [6, 6.07) is 16.3. The summed E-state index contributed by atoms with van der Waals surface area (Å²) in [5.74, 6) is -0.404. The number of rotatable bonds is 11. The van der Waals surface area contributed by atoms with Gasteiger partial charge < -0.3 is 10.1 Å². The van der Waals surface area contributed by atoms with Crippen LogP contribution in [0.2, 0.25) is 10.0 Å². The number of amides is 1. The molecule has 0 atom stereocenters.